The Bertz CT molecular complexity index is 1090. The van der Waals surface area contributed by atoms with E-state index in [2.05, 4.69) is 9.73 Å². The van der Waals surface area contributed by atoms with Crippen molar-refractivity contribution in [1.29, 1.82) is 0 Å². The van der Waals surface area contributed by atoms with Gasteiger partial charge in [-0.2, -0.15) is 4.99 Å². The van der Waals surface area contributed by atoms with Crippen LogP contribution in [0.15, 0.2) is 38.8 Å². The SMILES string of the molecule is CCC(C)C(=Nc1c(C)c(=O)n(CCOCCO)c(=O)n1C)Oc1cccc(OC(F)(F)F)c1. The van der Waals surface area contributed by atoms with Gasteiger partial charge in [0.05, 0.1) is 31.9 Å². The molecular weight excluding hydrogens is 459 g/mol. The van der Waals surface area contributed by atoms with E-state index in [0.717, 1.165) is 16.7 Å². The maximum atomic E-state index is 12.8. The molecule has 188 valence electrons. The lowest BCUT2D eigenvalue weighted by molar-refractivity contribution is -0.274. The largest absolute Gasteiger partial charge is 0.573 e. The quantitative estimate of drug-likeness (QED) is 0.314. The lowest BCUT2D eigenvalue weighted by atomic mass is 10.1. The van der Waals surface area contributed by atoms with E-state index in [4.69, 9.17) is 14.6 Å². The van der Waals surface area contributed by atoms with Gasteiger partial charge in [-0.25, -0.2) is 4.79 Å². The summed E-state index contributed by atoms with van der Waals surface area (Å²) in [7, 11) is 1.45. The van der Waals surface area contributed by atoms with Gasteiger partial charge in [0.2, 0.25) is 0 Å². The zero-order valence-electron chi connectivity index (χ0n) is 19.4. The Kier molecular flexibility index (Phi) is 9.45. The van der Waals surface area contributed by atoms with E-state index in [0.29, 0.717) is 6.42 Å². The van der Waals surface area contributed by atoms with E-state index in [-0.39, 0.29) is 55.3 Å². The number of nitrogens with zero attached hydrogens (tertiary/aromatic N) is 3. The lowest BCUT2D eigenvalue weighted by Crippen LogP contribution is -2.41. The van der Waals surface area contributed by atoms with E-state index >= 15 is 0 Å². The fourth-order valence-electron chi connectivity index (χ4n) is 2.95. The molecule has 0 radical (unpaired) electrons. The van der Waals surface area contributed by atoms with Crippen LogP contribution in [0.4, 0.5) is 19.0 Å². The van der Waals surface area contributed by atoms with Crippen molar-refractivity contribution in [1.82, 2.24) is 9.13 Å². The maximum absolute atomic E-state index is 12.8. The summed E-state index contributed by atoms with van der Waals surface area (Å²) in [5.74, 6) is -0.495. The van der Waals surface area contributed by atoms with Gasteiger partial charge >= 0.3 is 12.1 Å². The monoisotopic (exact) mass is 487 g/mol. The van der Waals surface area contributed by atoms with E-state index in [9.17, 15) is 22.8 Å². The van der Waals surface area contributed by atoms with Crippen LogP contribution in [0.3, 0.4) is 0 Å². The van der Waals surface area contributed by atoms with Crippen molar-refractivity contribution in [3.05, 3.63) is 50.7 Å². The fourth-order valence-corrected chi connectivity index (χ4v) is 2.95. The predicted molar refractivity (Wildman–Crippen MR) is 119 cm³/mol. The van der Waals surface area contributed by atoms with E-state index in [1.54, 1.807) is 6.92 Å². The van der Waals surface area contributed by atoms with Crippen molar-refractivity contribution in [2.75, 3.05) is 19.8 Å². The molecule has 34 heavy (non-hydrogen) atoms. The number of hydrogen-bond acceptors (Lipinski definition) is 7. The Morgan fingerprint density at radius 3 is 2.50 bits per heavy atom. The van der Waals surface area contributed by atoms with Crippen LogP contribution in [0, 0.1) is 12.8 Å². The molecule has 0 aliphatic rings. The first-order chi connectivity index (χ1) is 16.0. The van der Waals surface area contributed by atoms with Crippen molar-refractivity contribution in [2.24, 2.45) is 18.0 Å². The van der Waals surface area contributed by atoms with E-state index in [1.807, 2.05) is 6.92 Å². The maximum Gasteiger partial charge on any atom is 0.573 e. The summed E-state index contributed by atoms with van der Waals surface area (Å²) < 4.78 is 54.7. The number of alkyl halides is 3. The summed E-state index contributed by atoms with van der Waals surface area (Å²) in [6.07, 6.45) is -4.28. The number of halogens is 3. The first kappa shape index (κ1) is 27.1. The molecule has 1 heterocycles. The molecule has 1 aromatic carbocycles. The predicted octanol–water partition coefficient (Wildman–Crippen LogP) is 2.92. The van der Waals surface area contributed by atoms with Crippen LogP contribution in [-0.2, 0) is 18.3 Å². The van der Waals surface area contributed by atoms with Gasteiger partial charge in [-0.3, -0.25) is 13.9 Å². The normalized spacial score (nSPS) is 13.1. The molecule has 0 bridgehead atoms. The van der Waals surface area contributed by atoms with Crippen LogP contribution in [-0.4, -0.2) is 46.3 Å². The second-order valence-corrected chi connectivity index (χ2v) is 7.47. The Hall–Kier alpha value is -3.12. The fraction of sp³-hybridized carbons (Fsp3) is 0.500. The van der Waals surface area contributed by atoms with E-state index < -0.39 is 23.4 Å². The molecule has 1 atom stereocenters. The highest BCUT2D eigenvalue weighted by molar-refractivity contribution is 5.83. The van der Waals surface area contributed by atoms with Crippen molar-refractivity contribution >= 4 is 11.7 Å². The van der Waals surface area contributed by atoms with Gasteiger partial charge in [-0.1, -0.05) is 19.9 Å². The third kappa shape index (κ3) is 7.19. The summed E-state index contributed by atoms with van der Waals surface area (Å²) in [6.45, 7) is 5.14. The average molecular weight is 487 g/mol. The smallest absolute Gasteiger partial charge is 0.442 e. The highest BCUT2D eigenvalue weighted by Crippen LogP contribution is 2.27. The summed E-state index contributed by atoms with van der Waals surface area (Å²) in [5, 5.41) is 8.77. The van der Waals surface area contributed by atoms with Crippen LogP contribution in [0.2, 0.25) is 0 Å². The van der Waals surface area contributed by atoms with E-state index in [1.165, 1.54) is 30.7 Å². The zero-order valence-corrected chi connectivity index (χ0v) is 19.4. The lowest BCUT2D eigenvalue weighted by Gasteiger charge is -2.17. The highest BCUT2D eigenvalue weighted by Gasteiger charge is 2.31. The van der Waals surface area contributed by atoms with Crippen LogP contribution in [0.25, 0.3) is 0 Å². The van der Waals surface area contributed by atoms with Crippen molar-refractivity contribution in [2.45, 2.75) is 40.1 Å². The molecule has 2 rings (SSSR count). The Balaban J connectivity index is 2.45. The number of aliphatic hydroxyl groups is 1. The standard InChI is InChI=1S/C22H28F3N3O6/c1-5-14(2)19(33-16-7-6-8-17(13-16)34-22(23,24)25)26-18-15(3)20(30)28(21(31)27(18)4)9-11-32-12-10-29/h6-8,13-14,29H,5,9-12H2,1-4H3. The number of aliphatic imine (C=N–C) groups is 1. The number of rotatable bonds is 10. The second-order valence-electron chi connectivity index (χ2n) is 7.47. The summed E-state index contributed by atoms with van der Waals surface area (Å²) in [6, 6.07) is 4.99. The van der Waals surface area contributed by atoms with Gasteiger partial charge in [-0.05, 0) is 25.5 Å². The molecule has 1 unspecified atom stereocenters. The number of benzene rings is 1. The molecule has 1 aromatic heterocycles. The Morgan fingerprint density at radius 2 is 1.88 bits per heavy atom. The molecule has 0 saturated heterocycles. The first-order valence-corrected chi connectivity index (χ1v) is 10.6. The van der Waals surface area contributed by atoms with Crippen LogP contribution < -0.4 is 20.7 Å². The van der Waals surface area contributed by atoms with Gasteiger partial charge in [-0.15, -0.1) is 13.2 Å². The minimum atomic E-state index is -4.85. The second kappa shape index (κ2) is 11.8. The van der Waals surface area contributed by atoms with Crippen LogP contribution >= 0.6 is 0 Å². The molecule has 12 heteroatoms. The Morgan fingerprint density at radius 1 is 1.21 bits per heavy atom. The highest BCUT2D eigenvalue weighted by atomic mass is 19.4. The van der Waals surface area contributed by atoms with Gasteiger partial charge in [0.25, 0.3) is 5.56 Å². The van der Waals surface area contributed by atoms with Crippen molar-refractivity contribution in [3.63, 3.8) is 0 Å². The van der Waals surface area contributed by atoms with Gasteiger partial charge in [0, 0.05) is 19.0 Å². The van der Waals surface area contributed by atoms with Crippen molar-refractivity contribution in [3.8, 4) is 11.5 Å². The third-order valence-corrected chi connectivity index (χ3v) is 4.94. The Labute approximate surface area is 194 Å². The molecule has 0 spiro atoms. The average Bonchev–Trinajstić information content (AvgIpc) is 2.78. The van der Waals surface area contributed by atoms with Gasteiger partial charge < -0.3 is 19.3 Å². The van der Waals surface area contributed by atoms with Crippen LogP contribution in [0.5, 0.6) is 11.5 Å². The van der Waals surface area contributed by atoms with Gasteiger partial charge in [0.15, 0.2) is 5.90 Å². The zero-order chi connectivity index (χ0) is 25.5. The number of aromatic nitrogens is 2. The molecule has 0 saturated carbocycles. The number of ether oxygens (including phenoxy) is 3. The van der Waals surface area contributed by atoms with Crippen molar-refractivity contribution < 1.29 is 32.5 Å². The minimum Gasteiger partial charge on any atom is -0.442 e. The topological polar surface area (TPSA) is 104 Å². The summed E-state index contributed by atoms with van der Waals surface area (Å²) >= 11 is 0. The number of hydrogen-bond donors (Lipinski definition) is 1. The molecule has 1 N–H and O–H groups in total. The molecule has 0 amide bonds. The van der Waals surface area contributed by atoms with Crippen LogP contribution in [0.1, 0.15) is 25.8 Å². The molecule has 0 fully saturated rings. The molecule has 0 aliphatic carbocycles. The minimum absolute atomic E-state index is 0.00292. The molecular formula is C22H28F3N3O6. The van der Waals surface area contributed by atoms with Gasteiger partial charge in [0.1, 0.15) is 17.3 Å². The molecule has 9 nitrogen and oxygen atoms in total. The number of aliphatic hydroxyl groups excluding tert-OH is 1. The third-order valence-electron chi connectivity index (χ3n) is 4.94. The summed E-state index contributed by atoms with van der Waals surface area (Å²) in [4.78, 5) is 30.0. The first-order valence-electron chi connectivity index (χ1n) is 10.6. The summed E-state index contributed by atoms with van der Waals surface area (Å²) in [5.41, 5.74) is -0.993. The molecule has 2 aromatic rings. The molecule has 0 aliphatic heterocycles.